The van der Waals surface area contributed by atoms with Gasteiger partial charge in [-0.2, -0.15) is 0 Å². The molecule has 0 fully saturated rings. The summed E-state index contributed by atoms with van der Waals surface area (Å²) in [6.45, 7) is 3.82. The van der Waals surface area contributed by atoms with E-state index in [1.54, 1.807) is 43.6 Å². The highest BCUT2D eigenvalue weighted by atomic mass is 16.5. The molecule has 0 aliphatic heterocycles. The summed E-state index contributed by atoms with van der Waals surface area (Å²) in [6.07, 6.45) is 4.54. The molecule has 0 spiro atoms. The van der Waals surface area contributed by atoms with Crippen LogP contribution in [0.3, 0.4) is 0 Å². The largest absolute Gasteiger partial charge is 0.462 e. The number of pyridine rings is 1. The number of hydrogen-bond donors (Lipinski definition) is 2. The molecule has 0 aliphatic carbocycles. The number of nitrogens with zero attached hydrogens (tertiary/aromatic N) is 1. The van der Waals surface area contributed by atoms with E-state index in [1.807, 2.05) is 19.1 Å². The lowest BCUT2D eigenvalue weighted by atomic mass is 10.2. The minimum absolute atomic E-state index is 0.116. The molecule has 1 amide bonds. The van der Waals surface area contributed by atoms with Crippen molar-refractivity contribution in [3.8, 4) is 0 Å². The summed E-state index contributed by atoms with van der Waals surface area (Å²) >= 11 is 0. The van der Waals surface area contributed by atoms with Crippen LogP contribution in [0.1, 0.15) is 12.5 Å². The van der Waals surface area contributed by atoms with Gasteiger partial charge in [0.2, 0.25) is 0 Å². The highest BCUT2D eigenvalue weighted by Gasteiger charge is 2.19. The van der Waals surface area contributed by atoms with Gasteiger partial charge in [-0.3, -0.25) is 9.78 Å². The quantitative estimate of drug-likeness (QED) is 0.369. The number of esters is 1. The van der Waals surface area contributed by atoms with Crippen molar-refractivity contribution in [2.75, 3.05) is 17.2 Å². The number of aryl methyl sites for hydroxylation is 1. The monoisotopic (exact) mass is 325 g/mol. The van der Waals surface area contributed by atoms with Gasteiger partial charge in [0, 0.05) is 30.0 Å². The zero-order valence-electron chi connectivity index (χ0n) is 13.6. The molecule has 1 heterocycles. The Morgan fingerprint density at radius 1 is 1.08 bits per heavy atom. The topological polar surface area (TPSA) is 80.3 Å². The number of nitrogens with one attached hydrogen (secondary N) is 2. The highest BCUT2D eigenvalue weighted by Crippen LogP contribution is 2.12. The van der Waals surface area contributed by atoms with Crippen molar-refractivity contribution in [1.82, 2.24) is 4.98 Å². The van der Waals surface area contributed by atoms with E-state index < -0.39 is 11.9 Å². The lowest BCUT2D eigenvalue weighted by Gasteiger charge is -2.09. The maximum absolute atomic E-state index is 12.4. The van der Waals surface area contributed by atoms with E-state index in [-0.39, 0.29) is 12.2 Å². The van der Waals surface area contributed by atoms with Gasteiger partial charge in [-0.1, -0.05) is 17.7 Å². The van der Waals surface area contributed by atoms with Gasteiger partial charge in [-0.05, 0) is 38.1 Å². The number of carbonyl (C=O) groups is 2. The molecule has 24 heavy (non-hydrogen) atoms. The second-order valence-corrected chi connectivity index (χ2v) is 4.98. The average molecular weight is 325 g/mol. The minimum Gasteiger partial charge on any atom is -0.462 e. The van der Waals surface area contributed by atoms with Crippen LogP contribution in [-0.4, -0.2) is 23.5 Å². The van der Waals surface area contributed by atoms with Crippen LogP contribution in [0.2, 0.25) is 0 Å². The maximum Gasteiger partial charge on any atom is 0.345 e. The van der Waals surface area contributed by atoms with Gasteiger partial charge in [0.25, 0.3) is 5.91 Å². The van der Waals surface area contributed by atoms with Crippen LogP contribution < -0.4 is 10.6 Å². The smallest absolute Gasteiger partial charge is 0.345 e. The number of aromatic nitrogens is 1. The van der Waals surface area contributed by atoms with E-state index in [4.69, 9.17) is 4.74 Å². The molecular weight excluding hydrogens is 306 g/mol. The van der Waals surface area contributed by atoms with Crippen molar-refractivity contribution in [2.45, 2.75) is 13.8 Å². The SMILES string of the molecule is CCOC(=O)C(=CNc1ccncc1)C(=O)Nc1ccc(C)cc1. The molecule has 124 valence electrons. The third-order valence-corrected chi connectivity index (χ3v) is 3.11. The van der Waals surface area contributed by atoms with Crippen molar-refractivity contribution in [3.05, 3.63) is 66.1 Å². The molecule has 1 aromatic carbocycles. The van der Waals surface area contributed by atoms with E-state index in [9.17, 15) is 9.59 Å². The fraction of sp³-hybridized carbons (Fsp3) is 0.167. The first-order valence-corrected chi connectivity index (χ1v) is 7.52. The van der Waals surface area contributed by atoms with E-state index in [1.165, 1.54) is 6.20 Å². The lowest BCUT2D eigenvalue weighted by molar-refractivity contribution is -0.139. The predicted molar refractivity (Wildman–Crippen MR) is 92.4 cm³/mol. The van der Waals surface area contributed by atoms with Crippen LogP contribution in [0.4, 0.5) is 11.4 Å². The number of anilines is 2. The Hall–Kier alpha value is -3.15. The number of ether oxygens (including phenoxy) is 1. The summed E-state index contributed by atoms with van der Waals surface area (Å²) < 4.78 is 4.95. The van der Waals surface area contributed by atoms with Crippen molar-refractivity contribution < 1.29 is 14.3 Å². The Kier molecular flexibility index (Phi) is 6.08. The summed E-state index contributed by atoms with van der Waals surface area (Å²) in [5.74, 6) is -1.23. The summed E-state index contributed by atoms with van der Waals surface area (Å²) in [7, 11) is 0. The van der Waals surface area contributed by atoms with Gasteiger partial charge >= 0.3 is 5.97 Å². The summed E-state index contributed by atoms with van der Waals surface area (Å²) in [4.78, 5) is 28.4. The van der Waals surface area contributed by atoms with E-state index in [2.05, 4.69) is 15.6 Å². The van der Waals surface area contributed by atoms with E-state index >= 15 is 0 Å². The molecule has 0 saturated carbocycles. The summed E-state index contributed by atoms with van der Waals surface area (Å²) in [6, 6.07) is 10.7. The molecule has 0 bridgehead atoms. The zero-order valence-corrected chi connectivity index (χ0v) is 13.6. The van der Waals surface area contributed by atoms with Crippen LogP contribution in [-0.2, 0) is 14.3 Å². The Bertz CT molecular complexity index is 725. The van der Waals surface area contributed by atoms with Gasteiger partial charge in [-0.15, -0.1) is 0 Å². The van der Waals surface area contributed by atoms with Crippen molar-refractivity contribution in [2.24, 2.45) is 0 Å². The fourth-order valence-electron chi connectivity index (χ4n) is 1.86. The summed E-state index contributed by atoms with van der Waals surface area (Å²) in [5.41, 5.74) is 2.27. The first kappa shape index (κ1) is 17.2. The molecule has 2 aromatic rings. The van der Waals surface area contributed by atoms with Crippen LogP contribution in [0.15, 0.2) is 60.6 Å². The van der Waals surface area contributed by atoms with Gasteiger partial charge in [-0.25, -0.2) is 4.79 Å². The highest BCUT2D eigenvalue weighted by molar-refractivity contribution is 6.21. The van der Waals surface area contributed by atoms with Crippen molar-refractivity contribution in [1.29, 1.82) is 0 Å². The molecule has 0 radical (unpaired) electrons. The first-order chi connectivity index (χ1) is 11.6. The molecule has 0 aliphatic rings. The molecule has 0 unspecified atom stereocenters. The van der Waals surface area contributed by atoms with Gasteiger partial charge in [0.15, 0.2) is 0 Å². The number of hydrogen-bond acceptors (Lipinski definition) is 5. The molecule has 2 N–H and O–H groups in total. The standard InChI is InChI=1S/C18H19N3O3/c1-3-24-18(23)16(12-20-14-8-10-19-11-9-14)17(22)21-15-6-4-13(2)5-7-15/h4-12H,3H2,1-2H3,(H,19,20)(H,21,22). The van der Waals surface area contributed by atoms with Gasteiger partial charge < -0.3 is 15.4 Å². The van der Waals surface area contributed by atoms with Crippen LogP contribution in [0, 0.1) is 6.92 Å². The molecule has 6 heteroatoms. The Morgan fingerprint density at radius 2 is 1.75 bits per heavy atom. The Morgan fingerprint density at radius 3 is 2.38 bits per heavy atom. The van der Waals surface area contributed by atoms with Crippen LogP contribution in [0.5, 0.6) is 0 Å². The van der Waals surface area contributed by atoms with Crippen molar-refractivity contribution in [3.63, 3.8) is 0 Å². The second-order valence-electron chi connectivity index (χ2n) is 4.98. The third-order valence-electron chi connectivity index (χ3n) is 3.11. The second kappa shape index (κ2) is 8.47. The summed E-state index contributed by atoms with van der Waals surface area (Å²) in [5, 5.41) is 5.58. The molecule has 0 atom stereocenters. The van der Waals surface area contributed by atoms with Gasteiger partial charge in [0.05, 0.1) is 6.61 Å². The molecule has 2 rings (SSSR count). The molecule has 6 nitrogen and oxygen atoms in total. The average Bonchev–Trinajstić information content (AvgIpc) is 2.58. The minimum atomic E-state index is -0.691. The number of rotatable bonds is 6. The predicted octanol–water partition coefficient (Wildman–Crippen LogP) is 2.89. The Labute approximate surface area is 140 Å². The maximum atomic E-state index is 12.4. The normalized spacial score (nSPS) is 10.8. The number of carbonyl (C=O) groups excluding carboxylic acids is 2. The van der Waals surface area contributed by atoms with E-state index in [0.717, 1.165) is 5.56 Å². The van der Waals surface area contributed by atoms with Crippen LogP contribution >= 0.6 is 0 Å². The molecular formula is C18H19N3O3. The van der Waals surface area contributed by atoms with Crippen molar-refractivity contribution >= 4 is 23.3 Å². The fourth-order valence-corrected chi connectivity index (χ4v) is 1.86. The third kappa shape index (κ3) is 4.95. The number of amides is 1. The lowest BCUT2D eigenvalue weighted by Crippen LogP contribution is -2.23. The zero-order chi connectivity index (χ0) is 17.4. The molecule has 0 saturated heterocycles. The number of benzene rings is 1. The van der Waals surface area contributed by atoms with E-state index in [0.29, 0.717) is 11.4 Å². The Balaban J connectivity index is 2.16. The van der Waals surface area contributed by atoms with Crippen LogP contribution in [0.25, 0.3) is 0 Å². The van der Waals surface area contributed by atoms with Gasteiger partial charge in [0.1, 0.15) is 5.57 Å². The molecule has 1 aromatic heterocycles. The first-order valence-electron chi connectivity index (χ1n) is 7.52.